The van der Waals surface area contributed by atoms with Gasteiger partial charge in [0.1, 0.15) is 10.1 Å². The summed E-state index contributed by atoms with van der Waals surface area (Å²) in [5.41, 5.74) is -0.561. The van der Waals surface area contributed by atoms with Gasteiger partial charge in [0.05, 0.1) is 13.2 Å². The summed E-state index contributed by atoms with van der Waals surface area (Å²) in [6.07, 6.45) is 1.08. The Morgan fingerprint density at radius 1 is 1.26 bits per heavy atom. The van der Waals surface area contributed by atoms with Crippen LogP contribution in [0.1, 0.15) is 34.6 Å². The lowest BCUT2D eigenvalue weighted by Crippen LogP contribution is -2.41. The summed E-state index contributed by atoms with van der Waals surface area (Å²) < 4.78 is 10.0. The molecular formula is C13H22BrNO4. The molecule has 0 fully saturated rings. The maximum Gasteiger partial charge on any atom is 0.408 e. The molecule has 1 N–H and O–H groups in total. The van der Waals surface area contributed by atoms with Crippen molar-refractivity contribution in [1.82, 2.24) is 5.32 Å². The second-order valence-corrected chi connectivity index (χ2v) is 6.28. The fourth-order valence-electron chi connectivity index (χ4n) is 1.17. The van der Waals surface area contributed by atoms with Crippen molar-refractivity contribution >= 4 is 28.0 Å². The first-order valence-corrected chi connectivity index (χ1v) is 6.81. The molecule has 0 aliphatic rings. The zero-order valence-electron chi connectivity index (χ0n) is 12.2. The van der Waals surface area contributed by atoms with E-state index in [9.17, 15) is 9.59 Å². The van der Waals surface area contributed by atoms with Crippen LogP contribution in [-0.4, -0.2) is 30.8 Å². The van der Waals surface area contributed by atoms with Crippen LogP contribution in [0.15, 0.2) is 10.6 Å². The van der Waals surface area contributed by atoms with Crippen molar-refractivity contribution < 1.29 is 19.1 Å². The fourth-order valence-corrected chi connectivity index (χ4v) is 1.61. The summed E-state index contributed by atoms with van der Waals surface area (Å²) in [7, 11) is 1.29. The van der Waals surface area contributed by atoms with Gasteiger partial charge in [-0.1, -0.05) is 13.8 Å². The van der Waals surface area contributed by atoms with Crippen LogP contribution in [-0.2, 0) is 14.3 Å². The van der Waals surface area contributed by atoms with Crippen molar-refractivity contribution in [3.63, 3.8) is 0 Å². The van der Waals surface area contributed by atoms with Crippen LogP contribution in [0.2, 0.25) is 0 Å². The average molecular weight is 336 g/mol. The monoisotopic (exact) mass is 335 g/mol. The second-order valence-electron chi connectivity index (χ2n) is 5.42. The van der Waals surface area contributed by atoms with Crippen LogP contribution < -0.4 is 5.32 Å². The zero-order chi connectivity index (χ0) is 15.2. The predicted molar refractivity (Wildman–Crippen MR) is 77.0 cm³/mol. The minimum absolute atomic E-state index is 0.102. The van der Waals surface area contributed by atoms with Crippen LogP contribution in [0, 0.1) is 5.92 Å². The number of halogens is 1. The summed E-state index contributed by atoms with van der Waals surface area (Å²) in [5.74, 6) is -0.388. The van der Waals surface area contributed by atoms with Gasteiger partial charge in [-0.15, -0.1) is 0 Å². The topological polar surface area (TPSA) is 64.6 Å². The van der Waals surface area contributed by atoms with E-state index in [2.05, 4.69) is 26.0 Å². The number of rotatable bonds is 4. The molecule has 0 aliphatic heterocycles. The van der Waals surface area contributed by atoms with Gasteiger partial charge in [0, 0.05) is 0 Å². The van der Waals surface area contributed by atoms with E-state index in [1.165, 1.54) is 7.11 Å². The van der Waals surface area contributed by atoms with E-state index in [0.29, 0.717) is 0 Å². The van der Waals surface area contributed by atoms with E-state index in [1.54, 1.807) is 26.8 Å². The Labute approximate surface area is 122 Å². The molecule has 1 atom stereocenters. The highest BCUT2D eigenvalue weighted by atomic mass is 79.9. The normalized spacial score (nSPS) is 14.0. The molecule has 5 nitrogen and oxygen atoms in total. The maximum atomic E-state index is 11.7. The van der Waals surface area contributed by atoms with Crippen LogP contribution in [0.4, 0.5) is 4.79 Å². The molecule has 19 heavy (non-hydrogen) atoms. The number of nitrogens with one attached hydrogen (secondary N) is 1. The molecule has 0 aromatic heterocycles. The molecule has 0 saturated carbocycles. The summed E-state index contributed by atoms with van der Waals surface area (Å²) in [4.78, 5) is 23.0. The predicted octanol–water partition coefficient (Wildman–Crippen LogP) is 2.99. The van der Waals surface area contributed by atoms with Gasteiger partial charge >= 0.3 is 12.1 Å². The van der Waals surface area contributed by atoms with Crippen molar-refractivity contribution in [3.05, 3.63) is 10.6 Å². The first-order chi connectivity index (χ1) is 8.56. The summed E-state index contributed by atoms with van der Waals surface area (Å²) >= 11 is 3.12. The highest BCUT2D eigenvalue weighted by Crippen LogP contribution is 2.14. The fraction of sp³-hybridized carbons (Fsp3) is 0.692. The Kier molecular flexibility index (Phi) is 7.11. The van der Waals surface area contributed by atoms with Gasteiger partial charge in [-0.05, 0) is 48.7 Å². The van der Waals surface area contributed by atoms with Crippen molar-refractivity contribution in [2.75, 3.05) is 7.11 Å². The molecule has 0 saturated heterocycles. The highest BCUT2D eigenvalue weighted by Gasteiger charge is 2.21. The van der Waals surface area contributed by atoms with Crippen molar-refractivity contribution in [2.24, 2.45) is 5.92 Å². The minimum atomic E-state index is -0.561. The number of alkyl carbamates (subject to hydrolysis) is 1. The van der Waals surface area contributed by atoms with Gasteiger partial charge in [0.15, 0.2) is 0 Å². The Hall–Kier alpha value is -1.04. The van der Waals surface area contributed by atoms with E-state index < -0.39 is 17.7 Å². The standard InChI is InChI=1S/C13H22BrNO4/c1-8(2)10(7-9(14)11(16)18-6)15-12(17)19-13(3,4)5/h7-8,10H,1-6H3,(H,15,17)/b9-7-. The third-order valence-corrected chi connectivity index (χ3v) is 2.70. The molecule has 0 bridgehead atoms. The first-order valence-electron chi connectivity index (χ1n) is 6.02. The van der Waals surface area contributed by atoms with Crippen molar-refractivity contribution in [1.29, 1.82) is 0 Å². The molecule has 0 aliphatic carbocycles. The minimum Gasteiger partial charge on any atom is -0.465 e. The summed E-state index contributed by atoms with van der Waals surface area (Å²) in [6.45, 7) is 9.22. The quantitative estimate of drug-likeness (QED) is 0.633. The molecule has 1 unspecified atom stereocenters. The molecule has 0 rings (SSSR count). The van der Waals surface area contributed by atoms with Gasteiger partial charge < -0.3 is 14.8 Å². The van der Waals surface area contributed by atoms with Crippen molar-refractivity contribution in [3.8, 4) is 0 Å². The Bertz CT molecular complexity index is 358. The Morgan fingerprint density at radius 2 is 1.79 bits per heavy atom. The molecule has 0 spiro atoms. The van der Waals surface area contributed by atoms with E-state index in [0.717, 1.165) is 0 Å². The number of carbonyl (C=O) groups is 2. The molecule has 6 heteroatoms. The number of amides is 1. The maximum absolute atomic E-state index is 11.7. The number of ether oxygens (including phenoxy) is 2. The van der Waals surface area contributed by atoms with E-state index in [-0.39, 0.29) is 16.4 Å². The molecular weight excluding hydrogens is 314 g/mol. The van der Waals surface area contributed by atoms with Gasteiger partial charge in [-0.3, -0.25) is 0 Å². The Balaban J connectivity index is 4.77. The van der Waals surface area contributed by atoms with Crippen molar-refractivity contribution in [2.45, 2.75) is 46.3 Å². The molecule has 0 aromatic carbocycles. The third-order valence-electron chi connectivity index (χ3n) is 2.11. The van der Waals surface area contributed by atoms with E-state index >= 15 is 0 Å². The third kappa shape index (κ3) is 7.87. The lowest BCUT2D eigenvalue weighted by molar-refractivity contribution is -0.135. The first kappa shape index (κ1) is 18.0. The van der Waals surface area contributed by atoms with Gasteiger partial charge in [-0.25, -0.2) is 9.59 Å². The lowest BCUT2D eigenvalue weighted by atomic mass is 10.0. The molecule has 110 valence electrons. The molecule has 0 radical (unpaired) electrons. The highest BCUT2D eigenvalue weighted by molar-refractivity contribution is 9.12. The van der Waals surface area contributed by atoms with Gasteiger partial charge in [-0.2, -0.15) is 0 Å². The number of methoxy groups -OCH3 is 1. The second kappa shape index (κ2) is 7.53. The summed E-state index contributed by atoms with van der Waals surface area (Å²) in [6, 6.07) is -0.330. The van der Waals surface area contributed by atoms with Crippen LogP contribution in [0.5, 0.6) is 0 Å². The summed E-state index contributed by atoms with van der Waals surface area (Å²) in [5, 5.41) is 2.71. The number of hydrogen-bond acceptors (Lipinski definition) is 4. The largest absolute Gasteiger partial charge is 0.465 e. The SMILES string of the molecule is COC(=O)/C(Br)=C/C(NC(=O)OC(C)(C)C)C(C)C. The Morgan fingerprint density at radius 3 is 2.16 bits per heavy atom. The zero-order valence-corrected chi connectivity index (χ0v) is 13.8. The van der Waals surface area contributed by atoms with Gasteiger partial charge in [0.25, 0.3) is 0 Å². The molecule has 0 heterocycles. The number of hydrogen-bond donors (Lipinski definition) is 1. The van der Waals surface area contributed by atoms with Crippen LogP contribution >= 0.6 is 15.9 Å². The van der Waals surface area contributed by atoms with Crippen LogP contribution in [0.25, 0.3) is 0 Å². The van der Waals surface area contributed by atoms with E-state index in [1.807, 2.05) is 13.8 Å². The smallest absolute Gasteiger partial charge is 0.408 e. The van der Waals surface area contributed by atoms with Crippen LogP contribution in [0.3, 0.4) is 0 Å². The average Bonchev–Trinajstić information content (AvgIpc) is 2.24. The lowest BCUT2D eigenvalue weighted by Gasteiger charge is -2.24. The molecule has 1 amide bonds. The van der Waals surface area contributed by atoms with Gasteiger partial charge in [0.2, 0.25) is 0 Å². The van der Waals surface area contributed by atoms with E-state index in [4.69, 9.17) is 4.74 Å². The number of carbonyl (C=O) groups excluding carboxylic acids is 2. The number of esters is 1. The molecule has 0 aromatic rings.